The van der Waals surface area contributed by atoms with Gasteiger partial charge in [0.1, 0.15) is 0 Å². The van der Waals surface area contributed by atoms with Crippen molar-refractivity contribution in [2.45, 2.75) is 56.8 Å². The Bertz CT molecular complexity index is 3870. The monoisotopic (exact) mass is 872 g/mol. The topological polar surface area (TPSA) is 43.6 Å². The molecular formula is C64H48N4. The third kappa shape index (κ3) is 5.40. The van der Waals surface area contributed by atoms with Crippen molar-refractivity contribution in [1.82, 2.24) is 19.5 Å². The number of aromatic nitrogens is 4. The van der Waals surface area contributed by atoms with E-state index in [0.717, 1.165) is 39.6 Å². The lowest BCUT2D eigenvalue weighted by Crippen LogP contribution is -2.33. The summed E-state index contributed by atoms with van der Waals surface area (Å²) in [5.41, 5.74) is 19.2. The lowest BCUT2D eigenvalue weighted by Gasteiger charge is -2.42. The molecule has 0 N–H and O–H groups in total. The molecule has 0 atom stereocenters. The molecule has 0 amide bonds. The Labute approximate surface area is 396 Å². The number of fused-ring (bicyclic) bond motifs is 15. The number of hydrogen-bond acceptors (Lipinski definition) is 3. The highest BCUT2D eigenvalue weighted by Gasteiger charge is 2.51. The zero-order valence-electron chi connectivity index (χ0n) is 38.7. The van der Waals surface area contributed by atoms with Crippen molar-refractivity contribution in [3.05, 3.63) is 228 Å². The highest BCUT2D eigenvalue weighted by Crippen LogP contribution is 2.63. The van der Waals surface area contributed by atoms with Crippen LogP contribution in [0.1, 0.15) is 73.9 Å². The summed E-state index contributed by atoms with van der Waals surface area (Å²) in [7, 11) is 0. The van der Waals surface area contributed by atoms with E-state index in [4.69, 9.17) is 15.0 Å². The van der Waals surface area contributed by atoms with Crippen LogP contribution in [-0.2, 0) is 16.2 Å². The van der Waals surface area contributed by atoms with Crippen LogP contribution < -0.4 is 0 Å². The van der Waals surface area contributed by atoms with Crippen molar-refractivity contribution in [2.24, 2.45) is 0 Å². The molecule has 0 saturated carbocycles. The predicted octanol–water partition coefficient (Wildman–Crippen LogP) is 15.8. The first-order valence-corrected chi connectivity index (χ1v) is 24.1. The molecule has 68 heavy (non-hydrogen) atoms. The molecule has 14 rings (SSSR count). The highest BCUT2D eigenvalue weighted by molar-refractivity contribution is 6.10. The predicted molar refractivity (Wildman–Crippen MR) is 280 cm³/mol. The first-order chi connectivity index (χ1) is 33.2. The molecule has 0 unspecified atom stereocenters. The van der Waals surface area contributed by atoms with Gasteiger partial charge in [0.25, 0.3) is 0 Å². The van der Waals surface area contributed by atoms with Crippen LogP contribution in [0.2, 0.25) is 0 Å². The van der Waals surface area contributed by atoms with Gasteiger partial charge in [-0.1, -0.05) is 185 Å². The van der Waals surface area contributed by atoms with Crippen LogP contribution >= 0.6 is 0 Å². The zero-order chi connectivity index (χ0) is 45.5. The maximum absolute atomic E-state index is 5.47. The minimum absolute atomic E-state index is 0.0754. The molecule has 3 aliphatic carbocycles. The Morgan fingerprint density at radius 2 is 0.868 bits per heavy atom. The molecule has 324 valence electrons. The average Bonchev–Trinajstić information content (AvgIpc) is 3.98. The van der Waals surface area contributed by atoms with Crippen LogP contribution in [-0.4, -0.2) is 19.5 Å². The van der Waals surface area contributed by atoms with Crippen LogP contribution in [0, 0.1) is 0 Å². The second-order valence-corrected chi connectivity index (χ2v) is 20.6. The van der Waals surface area contributed by atoms with Gasteiger partial charge in [-0.3, -0.25) is 0 Å². The molecule has 0 bridgehead atoms. The van der Waals surface area contributed by atoms with Gasteiger partial charge in [0, 0.05) is 33.2 Å². The van der Waals surface area contributed by atoms with Crippen molar-refractivity contribution < 1.29 is 0 Å². The van der Waals surface area contributed by atoms with Gasteiger partial charge in [-0.25, -0.2) is 15.0 Å². The summed E-state index contributed by atoms with van der Waals surface area (Å²) >= 11 is 0. The van der Waals surface area contributed by atoms with Gasteiger partial charge in [0.05, 0.1) is 16.4 Å². The quantitative estimate of drug-likeness (QED) is 0.177. The van der Waals surface area contributed by atoms with E-state index >= 15 is 0 Å². The standard InChI is InChI=1S/C64H48N4/c1-62(2)33-34-63(3,4)56-38-58-50(37-55(56)62)48-25-10-14-30-57(48)68(58)42-20-15-19-40(35-42)59-65-60(67-61(66-59)49-26-16-18-39-17-5-6-21-43(39)49)41-31-32-47-46-24-9-13-29-53(46)64(54(47)36-41)51-27-11-7-22-44(51)45-23-8-12-28-52(45)64/h5-32,35-38H,33-34H2,1-4H3. The molecule has 4 nitrogen and oxygen atoms in total. The van der Waals surface area contributed by atoms with E-state index in [-0.39, 0.29) is 10.8 Å². The van der Waals surface area contributed by atoms with Gasteiger partial charge >= 0.3 is 0 Å². The molecule has 0 aliphatic heterocycles. The van der Waals surface area contributed by atoms with Crippen molar-refractivity contribution in [2.75, 3.05) is 0 Å². The van der Waals surface area contributed by atoms with Crippen LogP contribution in [0.3, 0.4) is 0 Å². The minimum atomic E-state index is -0.482. The molecule has 2 heterocycles. The minimum Gasteiger partial charge on any atom is -0.309 e. The van der Waals surface area contributed by atoms with Gasteiger partial charge in [-0.2, -0.15) is 0 Å². The summed E-state index contributed by atoms with van der Waals surface area (Å²) < 4.78 is 2.45. The molecule has 3 aliphatic rings. The Balaban J connectivity index is 0.994. The van der Waals surface area contributed by atoms with Crippen LogP contribution in [0.5, 0.6) is 0 Å². The fourth-order valence-corrected chi connectivity index (χ4v) is 12.5. The molecule has 0 fully saturated rings. The lowest BCUT2D eigenvalue weighted by atomic mass is 9.63. The number of nitrogens with zero attached hydrogens (tertiary/aromatic N) is 4. The van der Waals surface area contributed by atoms with Crippen molar-refractivity contribution in [1.29, 1.82) is 0 Å². The average molecular weight is 873 g/mol. The summed E-state index contributed by atoms with van der Waals surface area (Å²) in [5, 5.41) is 4.81. The van der Waals surface area contributed by atoms with Crippen LogP contribution in [0.25, 0.3) is 94.7 Å². The third-order valence-corrected chi connectivity index (χ3v) is 15.9. The SMILES string of the molecule is CC1(C)CCC(C)(C)c2cc3c(cc21)c1ccccc1n3-c1cccc(-c2nc(-c3ccc4c(c3)C3(c5ccccc5-c5ccccc53)c3ccccc3-4)nc(-c3cccc4ccccc34)n2)c1. The van der Waals surface area contributed by atoms with Crippen LogP contribution in [0.15, 0.2) is 194 Å². The second-order valence-electron chi connectivity index (χ2n) is 20.6. The summed E-state index contributed by atoms with van der Waals surface area (Å²) in [6.07, 6.45) is 2.34. The smallest absolute Gasteiger partial charge is 0.164 e. The zero-order valence-corrected chi connectivity index (χ0v) is 38.7. The van der Waals surface area contributed by atoms with E-state index in [1.807, 2.05) is 0 Å². The van der Waals surface area contributed by atoms with E-state index in [1.165, 1.54) is 83.9 Å². The second kappa shape index (κ2) is 14.0. The molecule has 2 aromatic heterocycles. The number of hydrogen-bond donors (Lipinski definition) is 0. The van der Waals surface area contributed by atoms with Gasteiger partial charge in [-0.05, 0) is 126 Å². The van der Waals surface area contributed by atoms with Crippen molar-refractivity contribution in [3.63, 3.8) is 0 Å². The molecule has 0 saturated heterocycles. The van der Waals surface area contributed by atoms with Crippen molar-refractivity contribution >= 4 is 32.6 Å². The van der Waals surface area contributed by atoms with Gasteiger partial charge in [0.15, 0.2) is 17.5 Å². The van der Waals surface area contributed by atoms with Gasteiger partial charge in [0.2, 0.25) is 0 Å². The fraction of sp³-hybridized carbons (Fsp3) is 0.141. The molecule has 9 aromatic carbocycles. The number of benzene rings is 9. The van der Waals surface area contributed by atoms with Crippen LogP contribution in [0.4, 0.5) is 0 Å². The number of rotatable bonds is 4. The summed E-state index contributed by atoms with van der Waals surface area (Å²) in [4.78, 5) is 16.3. The maximum Gasteiger partial charge on any atom is 0.164 e. The molecule has 0 radical (unpaired) electrons. The molecule has 11 aromatic rings. The lowest BCUT2D eigenvalue weighted by molar-refractivity contribution is 0.332. The van der Waals surface area contributed by atoms with E-state index < -0.39 is 5.41 Å². The molecular weight excluding hydrogens is 825 g/mol. The maximum atomic E-state index is 5.47. The Kier molecular flexibility index (Phi) is 8.10. The fourth-order valence-electron chi connectivity index (χ4n) is 12.5. The Morgan fingerprint density at radius 3 is 1.56 bits per heavy atom. The normalized spacial score (nSPS) is 15.6. The Hall–Kier alpha value is -7.95. The molecule has 1 spiro atoms. The molecule has 4 heteroatoms. The van der Waals surface area contributed by atoms with E-state index in [2.05, 4.69) is 226 Å². The highest BCUT2D eigenvalue weighted by atomic mass is 15.0. The summed E-state index contributed by atoms with van der Waals surface area (Å²) in [5.74, 6) is 1.93. The Morgan fingerprint density at radius 1 is 0.353 bits per heavy atom. The van der Waals surface area contributed by atoms with E-state index in [1.54, 1.807) is 0 Å². The van der Waals surface area contributed by atoms with Gasteiger partial charge in [-0.15, -0.1) is 0 Å². The van der Waals surface area contributed by atoms with Crippen molar-refractivity contribution in [3.8, 4) is 62.1 Å². The summed E-state index contributed by atoms with van der Waals surface area (Å²) in [6, 6.07) is 71.4. The first-order valence-electron chi connectivity index (χ1n) is 24.1. The third-order valence-electron chi connectivity index (χ3n) is 15.9. The van der Waals surface area contributed by atoms with Gasteiger partial charge < -0.3 is 4.57 Å². The number of para-hydroxylation sites is 1. The summed E-state index contributed by atoms with van der Waals surface area (Å²) in [6.45, 7) is 9.66. The van der Waals surface area contributed by atoms with E-state index in [0.29, 0.717) is 17.5 Å². The first kappa shape index (κ1) is 39.2. The largest absolute Gasteiger partial charge is 0.309 e. The van der Waals surface area contributed by atoms with E-state index in [9.17, 15) is 0 Å².